The Balaban J connectivity index is 0.000000134. The predicted molar refractivity (Wildman–Crippen MR) is 123 cm³/mol. The van der Waals surface area contributed by atoms with Gasteiger partial charge in [0.25, 0.3) is 0 Å². The maximum absolute atomic E-state index is 5.78. The van der Waals surface area contributed by atoms with Crippen molar-refractivity contribution in [2.24, 2.45) is 0 Å². The van der Waals surface area contributed by atoms with Gasteiger partial charge in [-0.2, -0.15) is 0 Å². The number of para-hydroxylation sites is 2. The number of nitrogens with zero attached hydrogens (tertiary/aromatic N) is 4. The van der Waals surface area contributed by atoms with E-state index in [1.807, 2.05) is 62.4 Å². The number of hydrogen-bond donors (Lipinski definition) is 4. The summed E-state index contributed by atoms with van der Waals surface area (Å²) in [4.78, 5) is 23.0. The lowest BCUT2D eigenvalue weighted by molar-refractivity contribution is 1.34. The summed E-state index contributed by atoms with van der Waals surface area (Å²) >= 11 is 0. The Morgan fingerprint density at radius 2 is 1.03 bits per heavy atom. The fraction of sp³-hybridized carbons (Fsp3) is 0.0909. The number of rotatable bonds is 0. The molecular formula is C22H22N8. The molecule has 0 atom stereocenters. The van der Waals surface area contributed by atoms with E-state index in [4.69, 9.17) is 11.5 Å². The lowest BCUT2D eigenvalue weighted by Gasteiger charge is -1.99. The van der Waals surface area contributed by atoms with Gasteiger partial charge < -0.3 is 21.4 Å². The van der Waals surface area contributed by atoms with Crippen LogP contribution in [0.25, 0.3) is 43.9 Å². The monoisotopic (exact) mass is 398 g/mol. The molecule has 0 radical (unpaired) electrons. The minimum Gasteiger partial charge on any atom is -0.382 e. The Kier molecular flexibility index (Phi) is 5.13. The molecule has 30 heavy (non-hydrogen) atoms. The van der Waals surface area contributed by atoms with E-state index in [-0.39, 0.29) is 0 Å². The van der Waals surface area contributed by atoms with E-state index in [9.17, 15) is 0 Å². The highest BCUT2D eigenvalue weighted by atomic mass is 14.9. The maximum atomic E-state index is 5.78. The summed E-state index contributed by atoms with van der Waals surface area (Å²) in [5.41, 5.74) is 16.7. The molecule has 150 valence electrons. The molecule has 0 bridgehead atoms. The second kappa shape index (κ2) is 8.04. The van der Waals surface area contributed by atoms with Crippen LogP contribution in [0.4, 0.5) is 11.6 Å². The summed E-state index contributed by atoms with van der Waals surface area (Å²) in [5.74, 6) is 0.993. The van der Waals surface area contributed by atoms with E-state index in [0.29, 0.717) is 11.6 Å². The number of nitrogens with two attached hydrogens (primary N) is 2. The van der Waals surface area contributed by atoms with Crippen LogP contribution in [0.1, 0.15) is 13.8 Å². The molecule has 2 aromatic carbocycles. The van der Waals surface area contributed by atoms with Crippen LogP contribution in [-0.2, 0) is 0 Å². The van der Waals surface area contributed by atoms with Crippen molar-refractivity contribution in [2.75, 3.05) is 11.5 Å². The first-order chi connectivity index (χ1) is 14.7. The smallest absolute Gasteiger partial charge is 0.150 e. The van der Waals surface area contributed by atoms with Crippen LogP contribution in [0, 0.1) is 0 Å². The molecule has 0 spiro atoms. The van der Waals surface area contributed by atoms with Gasteiger partial charge in [0, 0.05) is 10.8 Å². The third kappa shape index (κ3) is 3.24. The first-order valence-electron chi connectivity index (χ1n) is 9.67. The van der Waals surface area contributed by atoms with Gasteiger partial charge in [0.15, 0.2) is 0 Å². The highest BCUT2D eigenvalue weighted by Gasteiger charge is 2.07. The Morgan fingerprint density at radius 1 is 0.633 bits per heavy atom. The average molecular weight is 398 g/mol. The minimum atomic E-state index is 0.496. The van der Waals surface area contributed by atoms with Crippen molar-refractivity contribution in [1.82, 2.24) is 29.9 Å². The molecule has 6 aromatic rings. The number of imidazole rings is 2. The highest BCUT2D eigenvalue weighted by molar-refractivity contribution is 6.06. The fourth-order valence-corrected chi connectivity index (χ4v) is 3.30. The average Bonchev–Trinajstić information content (AvgIpc) is 3.47. The van der Waals surface area contributed by atoms with E-state index in [2.05, 4.69) is 29.9 Å². The van der Waals surface area contributed by atoms with E-state index in [0.717, 1.165) is 43.9 Å². The number of anilines is 2. The Hall–Kier alpha value is -4.20. The van der Waals surface area contributed by atoms with Crippen LogP contribution in [0.15, 0.2) is 61.2 Å². The van der Waals surface area contributed by atoms with Crippen molar-refractivity contribution < 1.29 is 0 Å². The van der Waals surface area contributed by atoms with Crippen molar-refractivity contribution in [3.8, 4) is 0 Å². The molecule has 0 aliphatic heterocycles. The molecule has 0 amide bonds. The first-order valence-corrected chi connectivity index (χ1v) is 9.67. The van der Waals surface area contributed by atoms with Crippen molar-refractivity contribution in [2.45, 2.75) is 13.8 Å². The second-order valence-corrected chi connectivity index (χ2v) is 6.28. The quantitative estimate of drug-likeness (QED) is 0.299. The second-order valence-electron chi connectivity index (χ2n) is 6.28. The molecule has 0 saturated heterocycles. The van der Waals surface area contributed by atoms with Crippen LogP contribution in [0.2, 0.25) is 0 Å². The predicted octanol–water partition coefficient (Wildman–Crippen LogP) is 4.41. The summed E-state index contributed by atoms with van der Waals surface area (Å²) < 4.78 is 0. The molecular weight excluding hydrogens is 376 g/mol. The van der Waals surface area contributed by atoms with Gasteiger partial charge in [-0.25, -0.2) is 19.9 Å². The maximum Gasteiger partial charge on any atom is 0.150 e. The van der Waals surface area contributed by atoms with Crippen molar-refractivity contribution in [1.29, 1.82) is 0 Å². The van der Waals surface area contributed by atoms with Crippen molar-refractivity contribution in [3.63, 3.8) is 0 Å². The number of nitrogen functional groups attached to an aromatic ring is 2. The first kappa shape index (κ1) is 19.1. The number of fused-ring (bicyclic) bond motifs is 6. The van der Waals surface area contributed by atoms with Crippen molar-refractivity contribution in [3.05, 3.63) is 61.2 Å². The van der Waals surface area contributed by atoms with Crippen LogP contribution in [0.3, 0.4) is 0 Å². The van der Waals surface area contributed by atoms with Gasteiger partial charge >= 0.3 is 0 Å². The molecule has 0 unspecified atom stereocenters. The molecule has 0 saturated carbocycles. The van der Waals surface area contributed by atoms with E-state index >= 15 is 0 Å². The lowest BCUT2D eigenvalue weighted by atomic mass is 10.2. The Morgan fingerprint density at radius 3 is 1.47 bits per heavy atom. The lowest BCUT2D eigenvalue weighted by Crippen LogP contribution is -1.92. The highest BCUT2D eigenvalue weighted by Crippen LogP contribution is 2.25. The standard InChI is InChI=1S/2C10H8N4.C2H6/c2*11-10-9-8(12-5-13-9)6-3-1-2-4-7(6)14-10;1-2/h2*1-5H,(H2,11,14)(H,12,13);1-2H3. The molecule has 6 N–H and O–H groups in total. The van der Waals surface area contributed by atoms with Crippen LogP contribution in [-0.4, -0.2) is 29.9 Å². The van der Waals surface area contributed by atoms with Gasteiger partial charge in [-0.15, -0.1) is 0 Å². The minimum absolute atomic E-state index is 0.496. The number of hydrogen-bond acceptors (Lipinski definition) is 6. The number of nitrogens with one attached hydrogen (secondary N) is 2. The molecule has 8 heteroatoms. The molecule has 8 nitrogen and oxygen atoms in total. The summed E-state index contributed by atoms with van der Waals surface area (Å²) in [6.07, 6.45) is 3.27. The molecule has 4 aromatic heterocycles. The fourth-order valence-electron chi connectivity index (χ4n) is 3.30. The van der Waals surface area contributed by atoms with Crippen molar-refractivity contribution >= 4 is 55.5 Å². The van der Waals surface area contributed by atoms with E-state index < -0.39 is 0 Å². The number of H-pyrrole nitrogens is 2. The summed E-state index contributed by atoms with van der Waals surface area (Å²) in [5, 5.41) is 2.05. The largest absolute Gasteiger partial charge is 0.382 e. The van der Waals surface area contributed by atoms with Crippen LogP contribution < -0.4 is 11.5 Å². The molecule has 0 aliphatic carbocycles. The number of aromatic amines is 2. The summed E-state index contributed by atoms with van der Waals surface area (Å²) in [7, 11) is 0. The van der Waals surface area contributed by atoms with Gasteiger partial charge in [0.2, 0.25) is 0 Å². The topological polar surface area (TPSA) is 135 Å². The Bertz CT molecular complexity index is 1340. The summed E-state index contributed by atoms with van der Waals surface area (Å²) in [6.45, 7) is 4.00. The molecule has 0 aliphatic rings. The Labute approximate surface area is 172 Å². The molecule has 6 rings (SSSR count). The molecule has 0 fully saturated rings. The number of benzene rings is 2. The SMILES string of the molecule is CC.Nc1nc2ccccc2c2nc[nH]c12.Nc1nc2ccccc2c2nc[nH]c12. The summed E-state index contributed by atoms with van der Waals surface area (Å²) in [6, 6.07) is 15.7. The third-order valence-corrected chi connectivity index (χ3v) is 4.59. The van der Waals surface area contributed by atoms with Crippen LogP contribution >= 0.6 is 0 Å². The molecule has 4 heterocycles. The number of pyridine rings is 2. The zero-order chi connectivity index (χ0) is 21.1. The van der Waals surface area contributed by atoms with E-state index in [1.54, 1.807) is 12.7 Å². The third-order valence-electron chi connectivity index (χ3n) is 4.59. The van der Waals surface area contributed by atoms with Gasteiger partial charge in [-0.1, -0.05) is 50.2 Å². The van der Waals surface area contributed by atoms with Gasteiger partial charge in [0.05, 0.1) is 23.7 Å². The van der Waals surface area contributed by atoms with Gasteiger partial charge in [-0.3, -0.25) is 0 Å². The van der Waals surface area contributed by atoms with Gasteiger partial charge in [0.1, 0.15) is 33.7 Å². The number of aromatic nitrogens is 6. The normalized spacial score (nSPS) is 10.6. The van der Waals surface area contributed by atoms with E-state index in [1.165, 1.54) is 0 Å². The van der Waals surface area contributed by atoms with Gasteiger partial charge in [-0.05, 0) is 12.1 Å². The zero-order valence-electron chi connectivity index (χ0n) is 16.7. The zero-order valence-corrected chi connectivity index (χ0v) is 16.7. The van der Waals surface area contributed by atoms with Crippen LogP contribution in [0.5, 0.6) is 0 Å².